The van der Waals surface area contributed by atoms with Crippen molar-refractivity contribution in [3.8, 4) is 0 Å². The zero-order valence-electron chi connectivity index (χ0n) is 10.6. The number of fused-ring (bicyclic) bond motifs is 2. The van der Waals surface area contributed by atoms with Gasteiger partial charge in [-0.05, 0) is 25.8 Å². The van der Waals surface area contributed by atoms with Crippen LogP contribution in [-0.2, 0) is 4.74 Å². The fourth-order valence-corrected chi connectivity index (χ4v) is 3.33. The number of halogens is 3. The SMILES string of the molecule is CNN1C2C=C[C@@]1(CC(F)(F)F)CC2CCOC. The van der Waals surface area contributed by atoms with Crippen molar-refractivity contribution in [2.45, 2.75) is 37.0 Å². The van der Waals surface area contributed by atoms with Crippen molar-refractivity contribution in [3.05, 3.63) is 12.2 Å². The van der Waals surface area contributed by atoms with E-state index in [0.29, 0.717) is 13.0 Å². The minimum Gasteiger partial charge on any atom is -0.385 e. The zero-order chi connectivity index (χ0) is 13.4. The molecule has 0 aromatic carbocycles. The summed E-state index contributed by atoms with van der Waals surface area (Å²) in [4.78, 5) is 0. The summed E-state index contributed by atoms with van der Waals surface area (Å²) in [7, 11) is 3.30. The largest absolute Gasteiger partial charge is 0.391 e. The fourth-order valence-electron chi connectivity index (χ4n) is 3.33. The number of alkyl halides is 3. The van der Waals surface area contributed by atoms with Gasteiger partial charge in [0.05, 0.1) is 12.0 Å². The molecule has 0 amide bonds. The van der Waals surface area contributed by atoms with E-state index in [1.165, 1.54) is 0 Å². The molecule has 2 heterocycles. The van der Waals surface area contributed by atoms with E-state index in [1.807, 2.05) is 6.08 Å². The fraction of sp³-hybridized carbons (Fsp3) is 0.833. The number of hydrogen-bond donors (Lipinski definition) is 1. The molecule has 0 aromatic rings. The van der Waals surface area contributed by atoms with Crippen molar-refractivity contribution in [1.29, 1.82) is 0 Å². The van der Waals surface area contributed by atoms with Gasteiger partial charge in [-0.1, -0.05) is 12.2 Å². The van der Waals surface area contributed by atoms with E-state index in [9.17, 15) is 13.2 Å². The minimum atomic E-state index is -4.15. The summed E-state index contributed by atoms with van der Waals surface area (Å²) in [5, 5.41) is 1.75. The molecule has 0 aromatic heterocycles. The molecule has 0 spiro atoms. The average Bonchev–Trinajstić information content (AvgIpc) is 2.74. The van der Waals surface area contributed by atoms with Gasteiger partial charge in [-0.3, -0.25) is 5.43 Å². The lowest BCUT2D eigenvalue weighted by Gasteiger charge is -2.34. The summed E-state index contributed by atoms with van der Waals surface area (Å²) < 4.78 is 43.2. The Kier molecular flexibility index (Phi) is 3.71. The standard InChI is InChI=1S/C12H19F3N2O/c1-16-17-10-3-5-11(17,8-12(13,14)15)7-9(10)4-6-18-2/h3,5,9-10,16H,4,6-8H2,1-2H3/t9?,10?,11-/m0/s1. The van der Waals surface area contributed by atoms with E-state index >= 15 is 0 Å². The predicted molar refractivity (Wildman–Crippen MR) is 61.8 cm³/mol. The summed E-state index contributed by atoms with van der Waals surface area (Å²) in [6, 6.07) is 0.0486. The highest BCUT2D eigenvalue weighted by Gasteiger charge is 2.56. The molecule has 2 aliphatic heterocycles. The summed E-state index contributed by atoms with van der Waals surface area (Å²) in [5.41, 5.74) is 2.02. The number of hydrazine groups is 1. The second-order valence-electron chi connectivity index (χ2n) is 5.08. The monoisotopic (exact) mass is 264 g/mol. The topological polar surface area (TPSA) is 24.5 Å². The van der Waals surface area contributed by atoms with Crippen molar-refractivity contribution in [3.63, 3.8) is 0 Å². The van der Waals surface area contributed by atoms with Gasteiger partial charge in [0.1, 0.15) is 0 Å². The number of nitrogens with one attached hydrogen (secondary N) is 1. The number of methoxy groups -OCH3 is 1. The lowest BCUT2D eigenvalue weighted by Crippen LogP contribution is -2.50. The molecule has 2 aliphatic rings. The maximum absolute atomic E-state index is 12.7. The van der Waals surface area contributed by atoms with Gasteiger partial charge in [-0.25, -0.2) is 5.01 Å². The molecule has 0 radical (unpaired) electrons. The van der Waals surface area contributed by atoms with Gasteiger partial charge in [-0.15, -0.1) is 0 Å². The van der Waals surface area contributed by atoms with E-state index < -0.39 is 18.1 Å². The first-order valence-corrected chi connectivity index (χ1v) is 6.14. The van der Waals surface area contributed by atoms with E-state index in [2.05, 4.69) is 5.43 Å². The molecule has 2 unspecified atom stereocenters. The third-order valence-electron chi connectivity index (χ3n) is 3.92. The Morgan fingerprint density at radius 3 is 2.78 bits per heavy atom. The number of nitrogens with zero attached hydrogens (tertiary/aromatic N) is 1. The van der Waals surface area contributed by atoms with Crippen LogP contribution in [0.4, 0.5) is 13.2 Å². The molecule has 3 nitrogen and oxygen atoms in total. The first kappa shape index (κ1) is 13.8. The second-order valence-corrected chi connectivity index (χ2v) is 5.08. The molecule has 1 fully saturated rings. The number of rotatable bonds is 5. The highest BCUT2D eigenvalue weighted by molar-refractivity contribution is 5.26. The molecule has 0 saturated carbocycles. The van der Waals surface area contributed by atoms with Gasteiger partial charge < -0.3 is 4.74 Å². The minimum absolute atomic E-state index is 0.0486. The van der Waals surface area contributed by atoms with E-state index in [-0.39, 0.29) is 12.0 Å². The molecule has 6 heteroatoms. The summed E-state index contributed by atoms with van der Waals surface area (Å²) in [5.74, 6) is 0.227. The van der Waals surface area contributed by atoms with Gasteiger partial charge in [0, 0.05) is 19.8 Å². The molecule has 18 heavy (non-hydrogen) atoms. The van der Waals surface area contributed by atoms with Crippen LogP contribution >= 0.6 is 0 Å². The van der Waals surface area contributed by atoms with Crippen molar-refractivity contribution in [2.75, 3.05) is 20.8 Å². The molecule has 2 bridgehead atoms. The van der Waals surface area contributed by atoms with Gasteiger partial charge in [0.2, 0.25) is 0 Å². The highest BCUT2D eigenvalue weighted by Crippen LogP contribution is 2.49. The lowest BCUT2D eigenvalue weighted by atomic mass is 9.82. The van der Waals surface area contributed by atoms with Crippen LogP contribution in [-0.4, -0.2) is 43.5 Å². The molecule has 104 valence electrons. The highest BCUT2D eigenvalue weighted by atomic mass is 19.4. The Balaban J connectivity index is 2.13. The van der Waals surface area contributed by atoms with Crippen molar-refractivity contribution in [2.24, 2.45) is 5.92 Å². The van der Waals surface area contributed by atoms with Gasteiger partial charge in [-0.2, -0.15) is 13.2 Å². The van der Waals surface area contributed by atoms with Crippen molar-refractivity contribution in [1.82, 2.24) is 10.4 Å². The molecule has 3 atom stereocenters. The Bertz CT molecular complexity index is 332. The maximum Gasteiger partial charge on any atom is 0.391 e. The Hall–Kier alpha value is -0.590. The molecular weight excluding hydrogens is 245 g/mol. The van der Waals surface area contributed by atoms with Crippen LogP contribution in [0.3, 0.4) is 0 Å². The van der Waals surface area contributed by atoms with E-state index in [0.717, 1.165) is 6.42 Å². The zero-order valence-corrected chi connectivity index (χ0v) is 10.6. The Labute approximate surface area is 105 Å². The van der Waals surface area contributed by atoms with Gasteiger partial charge in [0.25, 0.3) is 0 Å². The van der Waals surface area contributed by atoms with Gasteiger partial charge in [0.15, 0.2) is 0 Å². The molecule has 2 rings (SSSR count). The third kappa shape index (κ3) is 2.41. The van der Waals surface area contributed by atoms with E-state index in [4.69, 9.17) is 4.74 Å². The first-order chi connectivity index (χ1) is 8.42. The number of hydrogen-bond acceptors (Lipinski definition) is 3. The van der Waals surface area contributed by atoms with Crippen LogP contribution in [0.2, 0.25) is 0 Å². The molecule has 1 saturated heterocycles. The van der Waals surface area contributed by atoms with Crippen LogP contribution in [0, 0.1) is 5.92 Å². The van der Waals surface area contributed by atoms with Crippen LogP contribution in [0.25, 0.3) is 0 Å². The lowest BCUT2D eigenvalue weighted by molar-refractivity contribution is -0.156. The van der Waals surface area contributed by atoms with Crippen LogP contribution in [0.5, 0.6) is 0 Å². The third-order valence-corrected chi connectivity index (χ3v) is 3.92. The van der Waals surface area contributed by atoms with Gasteiger partial charge >= 0.3 is 6.18 Å². The normalized spacial score (nSPS) is 35.6. The predicted octanol–water partition coefficient (Wildman–Crippen LogP) is 2.11. The van der Waals surface area contributed by atoms with Crippen LogP contribution in [0.15, 0.2) is 12.2 Å². The Morgan fingerprint density at radius 2 is 2.22 bits per heavy atom. The molecule has 1 N–H and O–H groups in total. The molecular formula is C12H19F3N2O. The van der Waals surface area contributed by atoms with Crippen LogP contribution in [0.1, 0.15) is 19.3 Å². The molecule has 0 aliphatic carbocycles. The first-order valence-electron chi connectivity index (χ1n) is 6.14. The van der Waals surface area contributed by atoms with Crippen molar-refractivity contribution < 1.29 is 17.9 Å². The maximum atomic E-state index is 12.7. The number of ether oxygens (including phenoxy) is 1. The Morgan fingerprint density at radius 1 is 1.50 bits per heavy atom. The van der Waals surface area contributed by atoms with Crippen molar-refractivity contribution >= 4 is 0 Å². The van der Waals surface area contributed by atoms with Crippen LogP contribution < -0.4 is 5.43 Å². The van der Waals surface area contributed by atoms with E-state index in [1.54, 1.807) is 25.2 Å². The smallest absolute Gasteiger partial charge is 0.385 e. The summed E-state index contributed by atoms with van der Waals surface area (Å²) in [6.07, 6.45) is -0.00000484. The average molecular weight is 264 g/mol. The second kappa shape index (κ2) is 4.83. The summed E-state index contributed by atoms with van der Waals surface area (Å²) >= 11 is 0. The summed E-state index contributed by atoms with van der Waals surface area (Å²) in [6.45, 7) is 0.592. The quantitative estimate of drug-likeness (QED) is 0.770.